The van der Waals surface area contributed by atoms with E-state index in [1.165, 1.54) is 6.92 Å². The maximum absolute atomic E-state index is 12.2. The molecule has 23 heteroatoms. The van der Waals surface area contributed by atoms with Crippen LogP contribution in [0.5, 0.6) is 0 Å². The molecule has 4 aromatic rings. The molecule has 5 aliphatic heterocycles. The van der Waals surface area contributed by atoms with Gasteiger partial charge in [-0.05, 0) is 65.5 Å². The number of carbonyl (C=O) groups is 12. The van der Waals surface area contributed by atoms with E-state index in [2.05, 4.69) is 23.7 Å². The van der Waals surface area contributed by atoms with Gasteiger partial charge in [0.05, 0.1) is 17.6 Å². The molecule has 7 unspecified atom stereocenters. The molecule has 0 aromatic heterocycles. The van der Waals surface area contributed by atoms with Gasteiger partial charge in [0, 0.05) is 13.3 Å². The molecule has 9 rings (SSSR count). The number of hydrogen-bond acceptors (Lipinski definition) is 21. The van der Waals surface area contributed by atoms with Gasteiger partial charge in [-0.2, -0.15) is 4.90 Å². The molecule has 0 spiro atoms. The summed E-state index contributed by atoms with van der Waals surface area (Å²) in [6, 6.07) is 35.0. The molecule has 0 N–H and O–H groups in total. The van der Waals surface area contributed by atoms with Gasteiger partial charge in [-0.1, -0.05) is 142 Å². The van der Waals surface area contributed by atoms with E-state index in [-0.39, 0.29) is 35.9 Å². The van der Waals surface area contributed by atoms with Crippen LogP contribution in [0.3, 0.4) is 0 Å². The van der Waals surface area contributed by atoms with Gasteiger partial charge < -0.3 is 33.2 Å². The second kappa shape index (κ2) is 27.8. The van der Waals surface area contributed by atoms with Crippen molar-refractivity contribution < 1.29 is 90.7 Å². The molecular formula is C52H50N2O19S2. The van der Waals surface area contributed by atoms with Crippen LogP contribution in [0.25, 0.3) is 0 Å². The molecule has 0 saturated carbocycles. The topological polar surface area (TPSA) is 276 Å². The zero-order valence-electron chi connectivity index (χ0n) is 40.9. The van der Waals surface area contributed by atoms with Crippen molar-refractivity contribution in [1.29, 1.82) is 0 Å². The summed E-state index contributed by atoms with van der Waals surface area (Å²) in [4.78, 5) is 136. The van der Waals surface area contributed by atoms with Gasteiger partial charge in [0.2, 0.25) is 5.91 Å². The quantitative estimate of drug-likeness (QED) is 0.0902. The molecule has 0 radical (unpaired) electrons. The van der Waals surface area contributed by atoms with Gasteiger partial charge in [0.15, 0.2) is 0 Å². The molecule has 4 aromatic carbocycles. The van der Waals surface area contributed by atoms with Crippen molar-refractivity contribution in [3.05, 3.63) is 144 Å². The first kappa shape index (κ1) is 57.7. The Labute approximate surface area is 437 Å². The summed E-state index contributed by atoms with van der Waals surface area (Å²) in [5.41, 5.74) is 3.39. The Hall–Kier alpha value is -8.18. The first-order valence-electron chi connectivity index (χ1n) is 23.0. The second-order valence-electron chi connectivity index (χ2n) is 16.5. The highest BCUT2D eigenvalue weighted by atomic mass is 32.2. The van der Waals surface area contributed by atoms with Crippen LogP contribution in [0.1, 0.15) is 81.1 Å². The Balaban J connectivity index is 0.000000181. The number of nitrogens with zero attached hydrogens (tertiary/aromatic N) is 2. The minimum absolute atomic E-state index is 0.00962. The van der Waals surface area contributed by atoms with Gasteiger partial charge in [0.1, 0.15) is 30.0 Å². The third-order valence-corrected chi connectivity index (χ3v) is 13.0. The molecule has 21 nitrogen and oxygen atoms in total. The number of esters is 5. The Kier molecular flexibility index (Phi) is 21.4. The van der Waals surface area contributed by atoms with E-state index in [1.54, 1.807) is 32.9 Å². The number of hydrogen-bond donors (Lipinski definition) is 0. The van der Waals surface area contributed by atoms with E-state index in [1.807, 2.05) is 116 Å². The van der Waals surface area contributed by atoms with Crippen molar-refractivity contribution in [2.75, 3.05) is 0 Å². The molecule has 0 bridgehead atoms. The lowest BCUT2D eigenvalue weighted by Crippen LogP contribution is -2.42. The second-order valence-corrected chi connectivity index (χ2v) is 18.9. The summed E-state index contributed by atoms with van der Waals surface area (Å²) in [7, 11) is 0. The van der Waals surface area contributed by atoms with E-state index < -0.39 is 94.9 Å². The van der Waals surface area contributed by atoms with E-state index in [9.17, 15) is 57.5 Å². The van der Waals surface area contributed by atoms with Crippen molar-refractivity contribution in [3.8, 4) is 0 Å². The van der Waals surface area contributed by atoms with Gasteiger partial charge in [-0.3, -0.25) is 19.2 Å². The minimum Gasteiger partial charge on any atom is -0.444 e. The highest BCUT2D eigenvalue weighted by molar-refractivity contribution is 8.15. The van der Waals surface area contributed by atoms with Crippen molar-refractivity contribution in [2.24, 2.45) is 11.8 Å². The van der Waals surface area contributed by atoms with Crippen LogP contribution in [0, 0.1) is 11.8 Å². The lowest BCUT2D eigenvalue weighted by molar-refractivity contribution is -0.158. The molecule has 4 amide bonds. The average Bonchev–Trinajstić information content (AvgIpc) is 3.98. The number of cyclic esters (lactones) is 11. The van der Waals surface area contributed by atoms with Crippen LogP contribution < -0.4 is 0 Å². The predicted molar refractivity (Wildman–Crippen MR) is 263 cm³/mol. The summed E-state index contributed by atoms with van der Waals surface area (Å²) in [5.74, 6) is -3.78. The van der Waals surface area contributed by atoms with Gasteiger partial charge in [-0.15, -0.1) is 0 Å². The first-order chi connectivity index (χ1) is 35.8. The number of benzene rings is 4. The molecular weight excluding hydrogens is 1020 g/mol. The number of amides is 4. The molecule has 7 atom stereocenters. The fraction of sp³-hybridized carbons (Fsp3) is 0.308. The summed E-state index contributed by atoms with van der Waals surface area (Å²) in [5, 5.41) is -1.38. The van der Waals surface area contributed by atoms with Crippen LogP contribution in [0.4, 0.5) is 28.8 Å². The monoisotopic (exact) mass is 1070 g/mol. The van der Waals surface area contributed by atoms with Crippen molar-refractivity contribution in [2.45, 2.75) is 89.2 Å². The third kappa shape index (κ3) is 16.7. The summed E-state index contributed by atoms with van der Waals surface area (Å²) in [6.07, 6.45) is -3.06. The summed E-state index contributed by atoms with van der Waals surface area (Å²) < 4.78 is 32.0. The fourth-order valence-corrected chi connectivity index (χ4v) is 8.57. The van der Waals surface area contributed by atoms with Crippen molar-refractivity contribution >= 4 is 94.3 Å². The standard InChI is InChI=1S/C18H15NO5.C11H10O4.C10H8O3S.C9H13NO4.C4H4O3S/c20-16-15(11-13-7-3-1-4-8-13)19(18(22)24-16)17(21)23-12-14-9-5-2-6-10-14;1-7-9(8-5-3-2-4-6-8)14-11(13)15-10(7)12;11-9-6-8(14-10(12)13-9)7-4-2-1-3-5-7;1-4-5(2)7-8(12)14-9(13)10(7)6(3)11;1-2-3(5)7-4(6)8-2/h1-10,15H,11-12H2;2-7,9H,1H3;1-5,8H,6H2;5,7H,4H2,1-3H3;2H,1H3. The highest BCUT2D eigenvalue weighted by Crippen LogP contribution is 2.37. The smallest absolute Gasteiger partial charge is 0.444 e. The highest BCUT2D eigenvalue weighted by Gasteiger charge is 2.47. The lowest BCUT2D eigenvalue weighted by Gasteiger charge is -2.26. The maximum Gasteiger partial charge on any atom is 0.516 e. The number of thioether (sulfide) groups is 2. The molecule has 5 fully saturated rings. The first-order valence-corrected chi connectivity index (χ1v) is 24.7. The zero-order chi connectivity index (χ0) is 54.8. The van der Waals surface area contributed by atoms with Crippen LogP contribution in [-0.2, 0) is 75.0 Å². The van der Waals surface area contributed by atoms with E-state index >= 15 is 0 Å². The summed E-state index contributed by atoms with van der Waals surface area (Å²) >= 11 is 1.98. The molecule has 75 heavy (non-hydrogen) atoms. The van der Waals surface area contributed by atoms with E-state index in [4.69, 9.17) is 9.47 Å². The Morgan fingerprint density at radius 2 is 1.13 bits per heavy atom. The average molecular weight is 1070 g/mol. The Morgan fingerprint density at radius 1 is 0.613 bits per heavy atom. The predicted octanol–water partition coefficient (Wildman–Crippen LogP) is 9.21. The lowest BCUT2D eigenvalue weighted by atomic mass is 9.97. The number of ether oxygens (including phenoxy) is 7. The van der Waals surface area contributed by atoms with Crippen LogP contribution in [-0.4, -0.2) is 97.9 Å². The number of imide groups is 2. The normalized spacial score (nSPS) is 22.0. The van der Waals surface area contributed by atoms with Gasteiger partial charge in [-0.25, -0.2) is 43.3 Å². The van der Waals surface area contributed by atoms with Gasteiger partial charge >= 0.3 is 64.9 Å². The fourth-order valence-electron chi connectivity index (χ4n) is 7.12. The molecule has 5 saturated heterocycles. The van der Waals surface area contributed by atoms with Crippen LogP contribution in [0.15, 0.2) is 121 Å². The largest absolute Gasteiger partial charge is 0.516 e. The minimum atomic E-state index is -1.01. The molecule has 394 valence electrons. The van der Waals surface area contributed by atoms with Crippen molar-refractivity contribution in [1.82, 2.24) is 9.80 Å². The summed E-state index contributed by atoms with van der Waals surface area (Å²) in [6.45, 7) is 8.26. The van der Waals surface area contributed by atoms with Crippen LogP contribution in [0.2, 0.25) is 0 Å². The van der Waals surface area contributed by atoms with E-state index in [0.29, 0.717) is 6.42 Å². The maximum atomic E-state index is 12.2. The third-order valence-electron chi connectivity index (χ3n) is 11.2. The van der Waals surface area contributed by atoms with Crippen LogP contribution >= 0.6 is 23.5 Å². The number of rotatable bonds is 8. The number of carbonyl (C=O) groups excluding carboxylic acids is 12. The molecule has 5 aliphatic rings. The SMILES string of the molecule is CC1C(=O)OC(=O)OC1c1ccccc1.CC1SC(=O)OC1=O.CCC(C)C1C(=O)OC(=O)N1C(C)=O.O=C1CC(c2ccccc2)SC(=O)O1.O=C1OC(=O)N(C(=O)OCc2ccccc2)C1Cc1ccccc1. The molecule has 5 heterocycles. The Bertz CT molecular complexity index is 2730. The van der Waals surface area contributed by atoms with Gasteiger partial charge in [0.25, 0.3) is 0 Å². The molecule has 0 aliphatic carbocycles. The Morgan fingerprint density at radius 3 is 1.64 bits per heavy atom. The van der Waals surface area contributed by atoms with E-state index in [0.717, 1.165) is 55.6 Å². The van der Waals surface area contributed by atoms with Crippen molar-refractivity contribution in [3.63, 3.8) is 0 Å². The zero-order valence-corrected chi connectivity index (χ0v) is 42.5.